The highest BCUT2D eigenvalue weighted by Gasteiger charge is 2.38. The summed E-state index contributed by atoms with van der Waals surface area (Å²) in [5, 5.41) is 0. The predicted octanol–water partition coefficient (Wildman–Crippen LogP) is 4.21. The van der Waals surface area contributed by atoms with Crippen molar-refractivity contribution in [1.29, 1.82) is 0 Å². The number of nitrogens with zero attached hydrogens (tertiary/aromatic N) is 1. The van der Waals surface area contributed by atoms with E-state index in [2.05, 4.69) is 6.92 Å². The number of methoxy groups -OCH3 is 1. The first kappa shape index (κ1) is 22.1. The van der Waals surface area contributed by atoms with Crippen molar-refractivity contribution in [3.8, 4) is 5.75 Å². The van der Waals surface area contributed by atoms with Gasteiger partial charge in [0.25, 0.3) is 0 Å². The monoisotopic (exact) mass is 421 g/mol. The minimum atomic E-state index is -3.05. The number of amides is 1. The summed E-state index contributed by atoms with van der Waals surface area (Å²) in [4.78, 5) is 15.3. The molecule has 1 aromatic carbocycles. The molecular weight excluding hydrogens is 386 g/mol. The van der Waals surface area contributed by atoms with Gasteiger partial charge in [-0.25, -0.2) is 8.42 Å². The molecule has 1 aliphatic heterocycles. The van der Waals surface area contributed by atoms with Crippen molar-refractivity contribution in [2.45, 2.75) is 70.9 Å². The van der Waals surface area contributed by atoms with Crippen molar-refractivity contribution in [2.75, 3.05) is 18.6 Å². The molecule has 29 heavy (non-hydrogen) atoms. The van der Waals surface area contributed by atoms with Crippen LogP contribution in [0.15, 0.2) is 24.3 Å². The zero-order valence-electron chi connectivity index (χ0n) is 17.8. The van der Waals surface area contributed by atoms with E-state index in [1.807, 2.05) is 29.2 Å². The van der Waals surface area contributed by atoms with Gasteiger partial charge in [-0.05, 0) is 55.7 Å². The lowest BCUT2D eigenvalue weighted by atomic mass is 9.79. The maximum Gasteiger partial charge on any atom is 0.226 e. The van der Waals surface area contributed by atoms with Crippen LogP contribution in [0.4, 0.5) is 0 Å². The Bertz CT molecular complexity index is 784. The third kappa shape index (κ3) is 5.97. The molecule has 1 atom stereocenters. The summed E-state index contributed by atoms with van der Waals surface area (Å²) in [7, 11) is -1.42. The van der Waals surface area contributed by atoms with Gasteiger partial charge in [0.1, 0.15) is 5.75 Å². The average Bonchev–Trinajstić information content (AvgIpc) is 3.10. The molecule has 1 amide bonds. The quantitative estimate of drug-likeness (QED) is 0.631. The third-order valence-electron chi connectivity index (χ3n) is 6.58. The van der Waals surface area contributed by atoms with E-state index in [0.717, 1.165) is 42.9 Å². The Morgan fingerprint density at radius 2 is 1.93 bits per heavy atom. The zero-order valence-corrected chi connectivity index (χ0v) is 18.6. The number of unbranched alkanes of at least 4 members (excludes halogenated alkanes) is 1. The van der Waals surface area contributed by atoms with Crippen LogP contribution in [0.1, 0.15) is 63.9 Å². The maximum atomic E-state index is 13.5. The van der Waals surface area contributed by atoms with Gasteiger partial charge in [-0.3, -0.25) is 4.79 Å². The molecule has 0 spiro atoms. The molecule has 1 aliphatic carbocycles. The van der Waals surface area contributed by atoms with E-state index in [1.54, 1.807) is 7.11 Å². The highest BCUT2D eigenvalue weighted by Crippen LogP contribution is 2.34. The summed E-state index contributed by atoms with van der Waals surface area (Å²) < 4.78 is 29.5. The Balaban J connectivity index is 1.71. The first-order valence-electron chi connectivity index (χ1n) is 11.1. The maximum absolute atomic E-state index is 13.5. The van der Waals surface area contributed by atoms with Crippen LogP contribution >= 0.6 is 0 Å². The van der Waals surface area contributed by atoms with E-state index in [-0.39, 0.29) is 29.4 Å². The smallest absolute Gasteiger partial charge is 0.226 e. The summed E-state index contributed by atoms with van der Waals surface area (Å²) in [6.45, 7) is 2.67. The highest BCUT2D eigenvalue weighted by atomic mass is 32.2. The highest BCUT2D eigenvalue weighted by molar-refractivity contribution is 7.91. The summed E-state index contributed by atoms with van der Waals surface area (Å²) in [6.07, 6.45) is 8.41. The van der Waals surface area contributed by atoms with Crippen LogP contribution in [0.25, 0.3) is 0 Å². The summed E-state index contributed by atoms with van der Waals surface area (Å²) in [5.74, 6) is 1.95. The minimum Gasteiger partial charge on any atom is -0.497 e. The van der Waals surface area contributed by atoms with E-state index >= 15 is 0 Å². The topological polar surface area (TPSA) is 63.7 Å². The lowest BCUT2D eigenvalue weighted by Gasteiger charge is -2.35. The van der Waals surface area contributed by atoms with Gasteiger partial charge in [-0.1, -0.05) is 38.3 Å². The summed E-state index contributed by atoms with van der Waals surface area (Å²) >= 11 is 0. The number of hydrogen-bond acceptors (Lipinski definition) is 4. The van der Waals surface area contributed by atoms with E-state index in [4.69, 9.17) is 4.74 Å². The average molecular weight is 422 g/mol. The van der Waals surface area contributed by atoms with Crippen molar-refractivity contribution >= 4 is 15.7 Å². The predicted molar refractivity (Wildman–Crippen MR) is 116 cm³/mol. The molecular formula is C23H35NO4S. The number of sulfone groups is 1. The van der Waals surface area contributed by atoms with Gasteiger partial charge in [-0.15, -0.1) is 0 Å². The van der Waals surface area contributed by atoms with E-state index in [1.165, 1.54) is 19.3 Å². The number of ether oxygens (including phenoxy) is 1. The molecule has 2 aliphatic rings. The van der Waals surface area contributed by atoms with E-state index in [9.17, 15) is 13.2 Å². The number of carbonyl (C=O) groups is 1. The molecule has 1 heterocycles. The van der Waals surface area contributed by atoms with Crippen molar-refractivity contribution < 1.29 is 17.9 Å². The van der Waals surface area contributed by atoms with Crippen LogP contribution in [0.2, 0.25) is 0 Å². The fraction of sp³-hybridized carbons (Fsp3) is 0.696. The minimum absolute atomic E-state index is 0.0294. The van der Waals surface area contributed by atoms with Crippen LogP contribution in [0.5, 0.6) is 5.75 Å². The SMILES string of the molecule is CCCCC1CCC(C(=O)N(Cc2cccc(OC)c2)[C@@H]2CCS(=O)(=O)C2)CC1. The Kier molecular flexibility index (Phi) is 7.60. The Hall–Kier alpha value is -1.56. The summed E-state index contributed by atoms with van der Waals surface area (Å²) in [6, 6.07) is 7.50. The lowest BCUT2D eigenvalue weighted by Crippen LogP contribution is -2.44. The molecule has 0 radical (unpaired) electrons. The molecule has 6 heteroatoms. The fourth-order valence-corrected chi connectivity index (χ4v) is 6.53. The first-order chi connectivity index (χ1) is 13.9. The van der Waals surface area contributed by atoms with Crippen LogP contribution in [-0.4, -0.2) is 43.9 Å². The second-order valence-electron chi connectivity index (χ2n) is 8.73. The normalized spacial score (nSPS) is 26.2. The number of carbonyl (C=O) groups excluding carboxylic acids is 1. The molecule has 0 bridgehead atoms. The molecule has 0 aromatic heterocycles. The third-order valence-corrected chi connectivity index (χ3v) is 8.33. The largest absolute Gasteiger partial charge is 0.497 e. The second-order valence-corrected chi connectivity index (χ2v) is 11.0. The molecule has 162 valence electrons. The molecule has 2 fully saturated rings. The zero-order chi connectivity index (χ0) is 20.9. The molecule has 1 aromatic rings. The Morgan fingerprint density at radius 3 is 2.55 bits per heavy atom. The van der Waals surface area contributed by atoms with E-state index in [0.29, 0.717) is 13.0 Å². The number of rotatable bonds is 8. The van der Waals surface area contributed by atoms with Gasteiger partial charge >= 0.3 is 0 Å². The van der Waals surface area contributed by atoms with Gasteiger partial charge in [0.2, 0.25) is 5.91 Å². The molecule has 1 saturated heterocycles. The standard InChI is InChI=1S/C23H35NO4S/c1-3-4-6-18-9-11-20(12-10-18)23(25)24(21-13-14-29(26,27)17-21)16-19-7-5-8-22(15-19)28-2/h5,7-8,15,18,20-21H,3-4,6,9-14,16-17H2,1-2H3/t18?,20?,21-/m1/s1. The Labute approximate surface area is 175 Å². The first-order valence-corrected chi connectivity index (χ1v) is 12.9. The van der Waals surface area contributed by atoms with E-state index < -0.39 is 9.84 Å². The van der Waals surface area contributed by atoms with Gasteiger partial charge in [0.05, 0.1) is 18.6 Å². The summed E-state index contributed by atoms with van der Waals surface area (Å²) in [5.41, 5.74) is 0.985. The molecule has 1 saturated carbocycles. The van der Waals surface area contributed by atoms with Gasteiger partial charge in [0, 0.05) is 18.5 Å². The van der Waals surface area contributed by atoms with Gasteiger partial charge in [0.15, 0.2) is 9.84 Å². The van der Waals surface area contributed by atoms with Crippen molar-refractivity contribution in [2.24, 2.45) is 11.8 Å². The Morgan fingerprint density at radius 1 is 1.17 bits per heavy atom. The second kappa shape index (κ2) is 9.96. The molecule has 0 unspecified atom stereocenters. The van der Waals surface area contributed by atoms with Crippen molar-refractivity contribution in [3.63, 3.8) is 0 Å². The molecule has 5 nitrogen and oxygen atoms in total. The number of hydrogen-bond donors (Lipinski definition) is 0. The van der Waals surface area contributed by atoms with Gasteiger partial charge < -0.3 is 9.64 Å². The van der Waals surface area contributed by atoms with Crippen molar-refractivity contribution in [3.05, 3.63) is 29.8 Å². The van der Waals surface area contributed by atoms with Crippen LogP contribution in [0, 0.1) is 11.8 Å². The lowest BCUT2D eigenvalue weighted by molar-refractivity contribution is -0.139. The fourth-order valence-electron chi connectivity index (χ4n) is 4.80. The van der Waals surface area contributed by atoms with Crippen LogP contribution in [-0.2, 0) is 21.2 Å². The number of benzene rings is 1. The van der Waals surface area contributed by atoms with Crippen LogP contribution < -0.4 is 4.74 Å². The molecule has 3 rings (SSSR count). The van der Waals surface area contributed by atoms with Crippen molar-refractivity contribution in [1.82, 2.24) is 4.90 Å². The van der Waals surface area contributed by atoms with Gasteiger partial charge in [-0.2, -0.15) is 0 Å². The molecule has 0 N–H and O–H groups in total. The van der Waals surface area contributed by atoms with Crippen LogP contribution in [0.3, 0.4) is 0 Å².